The van der Waals surface area contributed by atoms with E-state index in [0.717, 1.165) is 49.1 Å². The molecule has 6 nitrogen and oxygen atoms in total. The van der Waals surface area contributed by atoms with Crippen molar-refractivity contribution in [3.05, 3.63) is 48.8 Å². The number of allylic oxidation sites excluding steroid dienone is 1. The zero-order valence-corrected chi connectivity index (χ0v) is 14.0. The minimum absolute atomic E-state index is 0.555. The van der Waals surface area contributed by atoms with Crippen molar-refractivity contribution in [1.29, 1.82) is 0 Å². The SMILES string of the molecule is C=CCCCN(C)CCn1cnc2cc(/C=C/C(=O)NO)ccc21. The summed E-state index contributed by atoms with van der Waals surface area (Å²) >= 11 is 0. The van der Waals surface area contributed by atoms with E-state index >= 15 is 0 Å². The molecule has 1 aromatic heterocycles. The second-order valence-corrected chi connectivity index (χ2v) is 5.73. The molecular weight excluding hydrogens is 304 g/mol. The molecule has 0 radical (unpaired) electrons. The largest absolute Gasteiger partial charge is 0.329 e. The molecule has 24 heavy (non-hydrogen) atoms. The van der Waals surface area contributed by atoms with E-state index in [2.05, 4.69) is 28.1 Å². The van der Waals surface area contributed by atoms with Gasteiger partial charge < -0.3 is 9.47 Å². The summed E-state index contributed by atoms with van der Waals surface area (Å²) in [6.07, 6.45) is 8.88. The normalized spacial score (nSPS) is 11.5. The standard InChI is InChI=1S/C18H24N4O2/c1-3-4-5-10-21(2)11-12-22-14-19-16-13-15(6-8-17(16)22)7-9-18(23)20-24/h3,6-9,13-14,24H,1,4-5,10-12H2,2H3,(H,20,23)/b9-7+. The fourth-order valence-corrected chi connectivity index (χ4v) is 2.47. The number of imidazole rings is 1. The van der Waals surface area contributed by atoms with Crippen LogP contribution in [0.3, 0.4) is 0 Å². The number of likely N-dealkylation sites (N-methyl/N-ethyl adjacent to an activating group) is 1. The fourth-order valence-electron chi connectivity index (χ4n) is 2.47. The summed E-state index contributed by atoms with van der Waals surface area (Å²) in [5, 5.41) is 8.48. The lowest BCUT2D eigenvalue weighted by molar-refractivity contribution is -0.124. The maximum absolute atomic E-state index is 11.0. The van der Waals surface area contributed by atoms with Gasteiger partial charge in [0.05, 0.1) is 17.4 Å². The van der Waals surface area contributed by atoms with E-state index in [1.54, 1.807) is 11.6 Å². The summed E-state index contributed by atoms with van der Waals surface area (Å²) < 4.78 is 2.13. The number of nitrogens with zero attached hydrogens (tertiary/aromatic N) is 3. The highest BCUT2D eigenvalue weighted by Crippen LogP contribution is 2.16. The number of benzene rings is 1. The summed E-state index contributed by atoms with van der Waals surface area (Å²) in [4.78, 5) is 17.8. The number of carbonyl (C=O) groups is 1. The average Bonchev–Trinajstić information content (AvgIpc) is 3.00. The quantitative estimate of drug-likeness (QED) is 0.244. The van der Waals surface area contributed by atoms with Crippen LogP contribution in [0.5, 0.6) is 0 Å². The van der Waals surface area contributed by atoms with Gasteiger partial charge in [-0.3, -0.25) is 10.0 Å². The van der Waals surface area contributed by atoms with Crippen LogP contribution in [-0.4, -0.2) is 45.7 Å². The van der Waals surface area contributed by atoms with Crippen molar-refractivity contribution in [1.82, 2.24) is 19.9 Å². The number of unbranched alkanes of at least 4 members (excludes halogenated alkanes) is 1. The molecule has 0 saturated carbocycles. The van der Waals surface area contributed by atoms with Crippen LogP contribution in [0.2, 0.25) is 0 Å². The minimum atomic E-state index is -0.555. The highest BCUT2D eigenvalue weighted by Gasteiger charge is 2.05. The third kappa shape index (κ3) is 5.04. The van der Waals surface area contributed by atoms with Gasteiger partial charge in [-0.25, -0.2) is 10.5 Å². The van der Waals surface area contributed by atoms with Gasteiger partial charge in [0.15, 0.2) is 0 Å². The van der Waals surface area contributed by atoms with Crippen LogP contribution in [0.25, 0.3) is 17.1 Å². The topological polar surface area (TPSA) is 70.4 Å². The van der Waals surface area contributed by atoms with Crippen molar-refractivity contribution in [2.45, 2.75) is 19.4 Å². The second-order valence-electron chi connectivity index (χ2n) is 5.73. The molecule has 1 aromatic carbocycles. The Bertz CT molecular complexity index is 721. The smallest absolute Gasteiger partial charge is 0.267 e. The van der Waals surface area contributed by atoms with E-state index in [-0.39, 0.29) is 0 Å². The first-order chi connectivity index (χ1) is 11.6. The Morgan fingerprint density at radius 3 is 3.04 bits per heavy atom. The third-order valence-corrected chi connectivity index (χ3v) is 3.85. The summed E-state index contributed by atoms with van der Waals surface area (Å²) in [5.41, 5.74) is 4.38. The van der Waals surface area contributed by atoms with E-state index in [1.165, 1.54) is 6.08 Å². The molecule has 0 aliphatic heterocycles. The summed E-state index contributed by atoms with van der Waals surface area (Å²) in [7, 11) is 2.12. The first kappa shape index (κ1) is 17.9. The molecule has 0 unspecified atom stereocenters. The van der Waals surface area contributed by atoms with E-state index in [0.29, 0.717) is 0 Å². The number of rotatable bonds is 9. The maximum atomic E-state index is 11.0. The van der Waals surface area contributed by atoms with Crippen LogP contribution in [0.4, 0.5) is 0 Å². The summed E-state index contributed by atoms with van der Waals surface area (Å²) in [5.74, 6) is -0.555. The van der Waals surface area contributed by atoms with Crippen LogP contribution in [0.1, 0.15) is 18.4 Å². The van der Waals surface area contributed by atoms with Crippen molar-refractivity contribution in [2.75, 3.05) is 20.1 Å². The van der Waals surface area contributed by atoms with Gasteiger partial charge in [-0.15, -0.1) is 6.58 Å². The monoisotopic (exact) mass is 328 g/mol. The van der Waals surface area contributed by atoms with Gasteiger partial charge in [-0.1, -0.05) is 12.1 Å². The van der Waals surface area contributed by atoms with Crippen LogP contribution < -0.4 is 5.48 Å². The van der Waals surface area contributed by atoms with Gasteiger partial charge >= 0.3 is 0 Å². The Morgan fingerprint density at radius 2 is 2.29 bits per heavy atom. The zero-order valence-electron chi connectivity index (χ0n) is 14.0. The number of hydroxylamine groups is 1. The summed E-state index contributed by atoms with van der Waals surface area (Å²) in [6, 6.07) is 5.84. The van der Waals surface area contributed by atoms with Crippen molar-refractivity contribution >= 4 is 23.0 Å². The van der Waals surface area contributed by atoms with E-state index in [4.69, 9.17) is 5.21 Å². The van der Waals surface area contributed by atoms with Crippen molar-refractivity contribution in [2.24, 2.45) is 0 Å². The summed E-state index contributed by atoms with van der Waals surface area (Å²) in [6.45, 7) is 6.64. The Morgan fingerprint density at radius 1 is 1.46 bits per heavy atom. The van der Waals surface area contributed by atoms with Gasteiger partial charge in [0.2, 0.25) is 0 Å². The molecule has 2 N–H and O–H groups in total. The van der Waals surface area contributed by atoms with Crippen molar-refractivity contribution in [3.63, 3.8) is 0 Å². The van der Waals surface area contributed by atoms with Gasteiger partial charge in [-0.2, -0.15) is 0 Å². The molecule has 0 aliphatic rings. The molecule has 128 valence electrons. The van der Waals surface area contributed by atoms with Crippen LogP contribution in [0.15, 0.2) is 43.3 Å². The average molecular weight is 328 g/mol. The molecule has 1 amide bonds. The molecule has 0 bridgehead atoms. The molecule has 6 heteroatoms. The predicted molar refractivity (Wildman–Crippen MR) is 95.6 cm³/mol. The molecule has 0 atom stereocenters. The van der Waals surface area contributed by atoms with E-state index < -0.39 is 5.91 Å². The molecule has 2 rings (SSSR count). The maximum Gasteiger partial charge on any atom is 0.267 e. The Hall–Kier alpha value is -2.44. The van der Waals surface area contributed by atoms with Crippen LogP contribution in [0, 0.1) is 0 Å². The third-order valence-electron chi connectivity index (χ3n) is 3.85. The first-order valence-electron chi connectivity index (χ1n) is 8.00. The van der Waals surface area contributed by atoms with Gasteiger partial charge in [0, 0.05) is 19.2 Å². The number of nitrogens with one attached hydrogen (secondary N) is 1. The second kappa shape index (κ2) is 9.00. The minimum Gasteiger partial charge on any atom is -0.329 e. The van der Waals surface area contributed by atoms with Gasteiger partial charge in [-0.05, 0) is 50.2 Å². The molecule has 0 saturated heterocycles. The fraction of sp³-hybridized carbons (Fsp3) is 0.333. The molecule has 0 fully saturated rings. The lowest BCUT2D eigenvalue weighted by Gasteiger charge is -2.16. The number of amides is 1. The first-order valence-corrected chi connectivity index (χ1v) is 8.00. The van der Waals surface area contributed by atoms with Crippen molar-refractivity contribution in [3.8, 4) is 0 Å². The van der Waals surface area contributed by atoms with Gasteiger partial charge in [0.1, 0.15) is 0 Å². The predicted octanol–water partition coefficient (Wildman–Crippen LogP) is 2.45. The molecule has 2 aromatic rings. The highest BCUT2D eigenvalue weighted by molar-refractivity contribution is 5.91. The molecule has 1 heterocycles. The number of hydrogen-bond acceptors (Lipinski definition) is 4. The van der Waals surface area contributed by atoms with E-state index in [9.17, 15) is 4.79 Å². The lowest BCUT2D eigenvalue weighted by Crippen LogP contribution is -2.24. The number of fused-ring (bicyclic) bond motifs is 1. The van der Waals surface area contributed by atoms with Crippen LogP contribution >= 0.6 is 0 Å². The Labute approximate surface area is 142 Å². The molecule has 0 aliphatic carbocycles. The Balaban J connectivity index is 1.99. The lowest BCUT2D eigenvalue weighted by atomic mass is 10.2. The number of hydrogen-bond donors (Lipinski definition) is 2. The Kier molecular flexibility index (Phi) is 6.72. The highest BCUT2D eigenvalue weighted by atomic mass is 16.5. The zero-order chi connectivity index (χ0) is 17.4. The molecular formula is C18H24N4O2. The van der Waals surface area contributed by atoms with Gasteiger partial charge in [0.25, 0.3) is 5.91 Å². The number of carbonyl (C=O) groups excluding carboxylic acids is 1. The number of aromatic nitrogens is 2. The molecule has 0 spiro atoms. The van der Waals surface area contributed by atoms with E-state index in [1.807, 2.05) is 30.6 Å². The van der Waals surface area contributed by atoms with Crippen LogP contribution in [-0.2, 0) is 11.3 Å². The van der Waals surface area contributed by atoms with Crippen molar-refractivity contribution < 1.29 is 10.0 Å².